The fraction of sp³-hybridized carbons (Fsp3) is 0.800. The van der Waals surface area contributed by atoms with Crippen LogP contribution >= 0.6 is 0 Å². The van der Waals surface area contributed by atoms with Crippen molar-refractivity contribution in [1.82, 2.24) is 14.3 Å². The highest BCUT2D eigenvalue weighted by Gasteiger charge is 2.27. The number of amides is 1. The number of hydrogen-bond acceptors (Lipinski definition) is 4. The van der Waals surface area contributed by atoms with Crippen LogP contribution in [0.5, 0.6) is 0 Å². The van der Waals surface area contributed by atoms with Crippen molar-refractivity contribution in [2.24, 2.45) is 0 Å². The Morgan fingerprint density at radius 3 is 2.94 bits per heavy atom. The fourth-order valence-corrected chi connectivity index (χ4v) is 2.75. The van der Waals surface area contributed by atoms with Crippen molar-refractivity contribution in [3.63, 3.8) is 0 Å². The van der Waals surface area contributed by atoms with Crippen molar-refractivity contribution in [3.05, 3.63) is 0 Å². The second-order valence-corrected chi connectivity index (χ2v) is 6.00. The zero-order valence-corrected chi connectivity index (χ0v) is 11.2. The van der Waals surface area contributed by atoms with Gasteiger partial charge in [-0.15, -0.1) is 0 Å². The topological polar surface area (TPSA) is 102 Å². The van der Waals surface area contributed by atoms with Gasteiger partial charge in [-0.25, -0.2) is 0 Å². The van der Waals surface area contributed by atoms with Crippen LogP contribution in [0.15, 0.2) is 0 Å². The first-order valence-corrected chi connectivity index (χ1v) is 7.29. The Balaban J connectivity index is 2.63. The molecule has 1 aliphatic heterocycles. The molecule has 0 aliphatic carbocycles. The van der Waals surface area contributed by atoms with Crippen LogP contribution in [0.4, 0.5) is 0 Å². The van der Waals surface area contributed by atoms with Gasteiger partial charge in [0.15, 0.2) is 0 Å². The summed E-state index contributed by atoms with van der Waals surface area (Å²) in [4.78, 5) is 11.6. The lowest BCUT2D eigenvalue weighted by Gasteiger charge is -2.20. The lowest BCUT2D eigenvalue weighted by molar-refractivity contribution is -0.122. The van der Waals surface area contributed by atoms with Crippen molar-refractivity contribution < 1.29 is 13.2 Å². The molecule has 1 heterocycles. The average molecular weight is 274 g/mol. The van der Waals surface area contributed by atoms with Gasteiger partial charge in [0.25, 0.3) is 10.2 Å². The highest BCUT2D eigenvalue weighted by atomic mass is 32.2. The van der Waals surface area contributed by atoms with E-state index in [-0.39, 0.29) is 18.9 Å². The summed E-state index contributed by atoms with van der Waals surface area (Å²) in [5.74, 6) is -0.287. The van der Waals surface area contributed by atoms with Crippen molar-refractivity contribution in [3.8, 4) is 6.07 Å². The molecule has 7 nitrogen and oxygen atoms in total. The Morgan fingerprint density at radius 1 is 1.56 bits per heavy atom. The molecule has 1 atom stereocenters. The number of hydrogen-bond donors (Lipinski definition) is 2. The van der Waals surface area contributed by atoms with Gasteiger partial charge in [0.05, 0.1) is 6.07 Å². The molecule has 1 amide bonds. The van der Waals surface area contributed by atoms with Gasteiger partial charge in [-0.1, -0.05) is 0 Å². The molecule has 0 aromatic carbocycles. The number of nitriles is 1. The first-order chi connectivity index (χ1) is 8.47. The second-order valence-electron chi connectivity index (χ2n) is 4.19. The van der Waals surface area contributed by atoms with E-state index in [9.17, 15) is 13.2 Å². The van der Waals surface area contributed by atoms with E-state index < -0.39 is 16.3 Å². The quantitative estimate of drug-likeness (QED) is 0.694. The van der Waals surface area contributed by atoms with Crippen LogP contribution in [0.2, 0.25) is 0 Å². The Hall–Kier alpha value is -1.17. The molecule has 1 rings (SSSR count). The van der Waals surface area contributed by atoms with Gasteiger partial charge in [-0.05, 0) is 19.3 Å². The van der Waals surface area contributed by atoms with Crippen LogP contribution in [-0.4, -0.2) is 44.8 Å². The van der Waals surface area contributed by atoms with Gasteiger partial charge in [0.1, 0.15) is 6.04 Å². The van der Waals surface area contributed by atoms with E-state index in [1.807, 2.05) is 6.07 Å². The van der Waals surface area contributed by atoms with Crippen molar-refractivity contribution in [2.45, 2.75) is 31.7 Å². The van der Waals surface area contributed by atoms with E-state index in [4.69, 9.17) is 5.26 Å². The molecule has 1 fully saturated rings. The zero-order valence-electron chi connectivity index (χ0n) is 10.3. The predicted molar refractivity (Wildman–Crippen MR) is 65.6 cm³/mol. The number of carbonyl (C=O) groups excluding carboxylic acids is 1. The highest BCUT2D eigenvalue weighted by molar-refractivity contribution is 7.87. The summed E-state index contributed by atoms with van der Waals surface area (Å²) < 4.78 is 27.2. The van der Waals surface area contributed by atoms with Crippen LogP contribution in [0, 0.1) is 11.3 Å². The molecular formula is C10H18N4O3S. The maximum atomic E-state index is 11.9. The number of nitrogens with zero attached hydrogens (tertiary/aromatic N) is 2. The van der Waals surface area contributed by atoms with Crippen molar-refractivity contribution in [2.75, 3.05) is 20.1 Å². The van der Waals surface area contributed by atoms with Crippen LogP contribution < -0.4 is 10.0 Å². The molecule has 1 aliphatic rings. The first-order valence-electron chi connectivity index (χ1n) is 5.85. The molecule has 2 N–H and O–H groups in total. The lowest BCUT2D eigenvalue weighted by Crippen LogP contribution is -2.49. The summed E-state index contributed by atoms with van der Waals surface area (Å²) in [6.07, 6.45) is 2.27. The summed E-state index contributed by atoms with van der Waals surface area (Å²) >= 11 is 0. The molecule has 0 spiro atoms. The monoisotopic (exact) mass is 274 g/mol. The average Bonchev–Trinajstić information content (AvgIpc) is 2.51. The Morgan fingerprint density at radius 2 is 2.28 bits per heavy atom. The van der Waals surface area contributed by atoms with Crippen LogP contribution in [0.25, 0.3) is 0 Å². The molecule has 0 radical (unpaired) electrons. The number of rotatable bonds is 5. The molecule has 1 unspecified atom stereocenters. The molecular weight excluding hydrogens is 256 g/mol. The highest BCUT2D eigenvalue weighted by Crippen LogP contribution is 2.08. The van der Waals surface area contributed by atoms with Gasteiger partial charge in [0, 0.05) is 26.6 Å². The summed E-state index contributed by atoms with van der Waals surface area (Å²) in [6, 6.07) is 1.16. The minimum Gasteiger partial charge on any atom is -0.355 e. The van der Waals surface area contributed by atoms with E-state index in [2.05, 4.69) is 10.0 Å². The van der Waals surface area contributed by atoms with Gasteiger partial charge < -0.3 is 5.32 Å². The SMILES string of the molecule is CN(CCC#N)S(=O)(=O)NC1CCCCNC1=O. The molecule has 8 heteroatoms. The van der Waals surface area contributed by atoms with Crippen molar-refractivity contribution in [1.29, 1.82) is 5.26 Å². The summed E-state index contributed by atoms with van der Waals surface area (Å²) in [5, 5.41) is 11.1. The third-order valence-corrected chi connectivity index (χ3v) is 4.36. The molecule has 102 valence electrons. The molecule has 0 aromatic rings. The Kier molecular flexibility index (Phi) is 5.53. The van der Waals surface area contributed by atoms with E-state index in [0.29, 0.717) is 13.0 Å². The molecule has 18 heavy (non-hydrogen) atoms. The third kappa shape index (κ3) is 4.25. The minimum absolute atomic E-state index is 0.111. The first kappa shape index (κ1) is 14.9. The molecule has 0 aromatic heterocycles. The zero-order chi connectivity index (χ0) is 13.6. The smallest absolute Gasteiger partial charge is 0.279 e. The molecule has 0 saturated carbocycles. The van der Waals surface area contributed by atoms with Gasteiger partial charge in [-0.2, -0.15) is 22.7 Å². The standard InChI is InChI=1S/C10H18N4O3S/c1-14(8-4-6-11)18(16,17)13-9-5-2-3-7-12-10(9)15/h9,13H,2-5,7-8H2,1H3,(H,12,15). The summed E-state index contributed by atoms with van der Waals surface area (Å²) in [5.41, 5.74) is 0. The second kappa shape index (κ2) is 6.68. The van der Waals surface area contributed by atoms with Crippen LogP contribution in [0.1, 0.15) is 25.7 Å². The van der Waals surface area contributed by atoms with Crippen LogP contribution in [0.3, 0.4) is 0 Å². The maximum absolute atomic E-state index is 11.9. The number of nitrogens with one attached hydrogen (secondary N) is 2. The fourth-order valence-electron chi connectivity index (χ4n) is 1.65. The van der Waals surface area contributed by atoms with E-state index >= 15 is 0 Å². The Bertz CT molecular complexity index is 429. The number of carbonyl (C=O) groups is 1. The van der Waals surface area contributed by atoms with Crippen molar-refractivity contribution >= 4 is 16.1 Å². The maximum Gasteiger partial charge on any atom is 0.279 e. The molecule has 1 saturated heterocycles. The van der Waals surface area contributed by atoms with Gasteiger partial charge in [-0.3, -0.25) is 4.79 Å². The van der Waals surface area contributed by atoms with Gasteiger partial charge in [0.2, 0.25) is 5.91 Å². The van der Waals surface area contributed by atoms with E-state index in [1.54, 1.807) is 0 Å². The predicted octanol–water partition coefficient (Wildman–Crippen LogP) is -0.665. The Labute approximate surface area is 107 Å². The third-order valence-electron chi connectivity index (χ3n) is 2.78. The minimum atomic E-state index is -3.71. The lowest BCUT2D eigenvalue weighted by atomic mass is 10.1. The summed E-state index contributed by atoms with van der Waals surface area (Å²) in [6.45, 7) is 0.696. The molecule has 0 bridgehead atoms. The van der Waals surface area contributed by atoms with Crippen LogP contribution in [-0.2, 0) is 15.0 Å². The van der Waals surface area contributed by atoms with E-state index in [1.165, 1.54) is 7.05 Å². The summed E-state index contributed by atoms with van der Waals surface area (Å²) in [7, 11) is -2.33. The van der Waals surface area contributed by atoms with E-state index in [0.717, 1.165) is 17.1 Å². The van der Waals surface area contributed by atoms with Gasteiger partial charge >= 0.3 is 0 Å². The normalized spacial score (nSPS) is 21.2. The largest absolute Gasteiger partial charge is 0.355 e.